The van der Waals surface area contributed by atoms with Crippen LogP contribution in [0.25, 0.3) is 0 Å². The second-order valence-corrected chi connectivity index (χ2v) is 5.11. The minimum absolute atomic E-state index is 0.128. The summed E-state index contributed by atoms with van der Waals surface area (Å²) in [5.74, 6) is 0.632. The van der Waals surface area contributed by atoms with Gasteiger partial charge in [0.15, 0.2) is 0 Å². The van der Waals surface area contributed by atoms with Crippen LogP contribution in [0.1, 0.15) is 20.3 Å². The molecule has 106 valence electrons. The van der Waals surface area contributed by atoms with Crippen LogP contribution in [0.5, 0.6) is 5.75 Å². The van der Waals surface area contributed by atoms with Gasteiger partial charge in [-0.1, -0.05) is 31.5 Å². The van der Waals surface area contributed by atoms with E-state index >= 15 is 0 Å². The summed E-state index contributed by atoms with van der Waals surface area (Å²) in [5, 5.41) is 12.8. The maximum absolute atomic E-state index is 11.5. The van der Waals surface area contributed by atoms with E-state index in [0.717, 1.165) is 0 Å². The Labute approximate surface area is 118 Å². The quantitative estimate of drug-likeness (QED) is 0.808. The lowest BCUT2D eigenvalue weighted by atomic mass is 10.1. The lowest BCUT2D eigenvalue weighted by Crippen LogP contribution is -2.35. The van der Waals surface area contributed by atoms with Crippen molar-refractivity contribution in [2.45, 2.75) is 26.4 Å². The second-order valence-electron chi connectivity index (χ2n) is 4.67. The topological polar surface area (TPSA) is 58.6 Å². The van der Waals surface area contributed by atoms with E-state index in [4.69, 9.17) is 16.3 Å². The molecule has 0 radical (unpaired) electrons. The molecule has 0 aliphatic heterocycles. The zero-order valence-electron chi connectivity index (χ0n) is 11.2. The molecule has 0 spiro atoms. The van der Waals surface area contributed by atoms with Gasteiger partial charge in [-0.2, -0.15) is 0 Å². The fraction of sp³-hybridized carbons (Fsp3) is 0.500. The number of carbonyl (C=O) groups is 1. The van der Waals surface area contributed by atoms with Crippen LogP contribution in [0.3, 0.4) is 0 Å². The Morgan fingerprint density at radius 1 is 1.47 bits per heavy atom. The number of carbonyl (C=O) groups excluding carboxylic acids is 1. The number of amides is 1. The van der Waals surface area contributed by atoms with E-state index in [-0.39, 0.29) is 31.4 Å². The van der Waals surface area contributed by atoms with Gasteiger partial charge in [-0.3, -0.25) is 4.79 Å². The van der Waals surface area contributed by atoms with Crippen molar-refractivity contribution in [2.75, 3.05) is 13.2 Å². The van der Waals surface area contributed by atoms with E-state index in [1.807, 2.05) is 13.8 Å². The number of halogens is 1. The smallest absolute Gasteiger partial charge is 0.223 e. The van der Waals surface area contributed by atoms with Crippen LogP contribution >= 0.6 is 11.6 Å². The van der Waals surface area contributed by atoms with Crippen LogP contribution in [0, 0.1) is 5.92 Å². The molecule has 0 aliphatic rings. The molecule has 1 aromatic carbocycles. The molecule has 1 atom stereocenters. The number of rotatable bonds is 7. The third kappa shape index (κ3) is 6.45. The van der Waals surface area contributed by atoms with E-state index in [2.05, 4.69) is 5.32 Å². The van der Waals surface area contributed by atoms with Crippen molar-refractivity contribution in [3.63, 3.8) is 0 Å². The highest BCUT2D eigenvalue weighted by atomic mass is 35.5. The molecule has 19 heavy (non-hydrogen) atoms. The Bertz CT molecular complexity index is 409. The maximum Gasteiger partial charge on any atom is 0.223 e. The van der Waals surface area contributed by atoms with Crippen molar-refractivity contribution in [1.29, 1.82) is 0 Å². The number of aliphatic hydroxyl groups excluding tert-OH is 1. The van der Waals surface area contributed by atoms with Gasteiger partial charge < -0.3 is 15.2 Å². The lowest BCUT2D eigenvalue weighted by Gasteiger charge is -2.15. The van der Waals surface area contributed by atoms with Crippen molar-refractivity contribution in [3.05, 3.63) is 29.3 Å². The molecule has 0 aromatic heterocycles. The normalized spacial score (nSPS) is 12.3. The standard InChI is InChI=1S/C14H20ClNO3/c1-10(2)13(17)9-16-14(18)6-7-19-12-5-3-4-11(15)8-12/h3-5,8,10,13,17H,6-7,9H2,1-2H3,(H,16,18). The first-order valence-corrected chi connectivity index (χ1v) is 6.70. The molecule has 1 amide bonds. The number of benzene rings is 1. The minimum Gasteiger partial charge on any atom is -0.493 e. The summed E-state index contributed by atoms with van der Waals surface area (Å²) < 4.78 is 5.40. The molecule has 1 rings (SSSR count). The summed E-state index contributed by atoms with van der Waals surface area (Å²) in [6.45, 7) is 4.36. The molecule has 0 saturated heterocycles. The van der Waals surface area contributed by atoms with Crippen molar-refractivity contribution in [1.82, 2.24) is 5.32 Å². The fourth-order valence-corrected chi connectivity index (χ4v) is 1.54. The summed E-state index contributed by atoms with van der Waals surface area (Å²) in [6, 6.07) is 7.03. The van der Waals surface area contributed by atoms with Gasteiger partial charge in [0, 0.05) is 11.6 Å². The van der Waals surface area contributed by atoms with Gasteiger partial charge in [0.2, 0.25) is 5.91 Å². The van der Waals surface area contributed by atoms with Gasteiger partial charge in [0.25, 0.3) is 0 Å². The highest BCUT2D eigenvalue weighted by Gasteiger charge is 2.10. The molecule has 0 aliphatic carbocycles. The predicted molar refractivity (Wildman–Crippen MR) is 75.4 cm³/mol. The first-order valence-electron chi connectivity index (χ1n) is 6.32. The van der Waals surface area contributed by atoms with Gasteiger partial charge in [0.05, 0.1) is 19.1 Å². The monoisotopic (exact) mass is 285 g/mol. The number of ether oxygens (including phenoxy) is 1. The Hall–Kier alpha value is -1.26. The van der Waals surface area contributed by atoms with E-state index in [0.29, 0.717) is 10.8 Å². The third-order valence-electron chi connectivity index (χ3n) is 2.67. The number of nitrogens with one attached hydrogen (secondary N) is 1. The van der Waals surface area contributed by atoms with E-state index in [9.17, 15) is 9.90 Å². The van der Waals surface area contributed by atoms with Crippen molar-refractivity contribution < 1.29 is 14.6 Å². The molecule has 0 fully saturated rings. The molecule has 1 unspecified atom stereocenters. The number of hydrogen-bond donors (Lipinski definition) is 2. The predicted octanol–water partition coefficient (Wildman–Crippen LogP) is 2.24. The zero-order valence-corrected chi connectivity index (χ0v) is 12.0. The molecule has 5 heteroatoms. The van der Waals surface area contributed by atoms with Crippen LogP contribution in [0.15, 0.2) is 24.3 Å². The van der Waals surface area contributed by atoms with Crippen LogP contribution in [0.2, 0.25) is 5.02 Å². The molecule has 1 aromatic rings. The third-order valence-corrected chi connectivity index (χ3v) is 2.91. The zero-order chi connectivity index (χ0) is 14.3. The SMILES string of the molecule is CC(C)C(O)CNC(=O)CCOc1cccc(Cl)c1. The highest BCUT2D eigenvalue weighted by molar-refractivity contribution is 6.30. The lowest BCUT2D eigenvalue weighted by molar-refractivity contribution is -0.122. The Morgan fingerprint density at radius 2 is 2.21 bits per heavy atom. The summed E-state index contributed by atoms with van der Waals surface area (Å²) in [4.78, 5) is 11.5. The van der Waals surface area contributed by atoms with Gasteiger partial charge in [-0.25, -0.2) is 0 Å². The van der Waals surface area contributed by atoms with Crippen LogP contribution in [-0.2, 0) is 4.79 Å². The summed E-state index contributed by atoms with van der Waals surface area (Å²) >= 11 is 5.81. The first-order chi connectivity index (χ1) is 8.99. The van der Waals surface area contributed by atoms with Crippen molar-refractivity contribution in [2.24, 2.45) is 5.92 Å². The van der Waals surface area contributed by atoms with Crippen molar-refractivity contribution >= 4 is 17.5 Å². The largest absolute Gasteiger partial charge is 0.493 e. The first kappa shape index (κ1) is 15.8. The van der Waals surface area contributed by atoms with E-state index in [1.165, 1.54) is 0 Å². The number of hydrogen-bond acceptors (Lipinski definition) is 3. The molecule has 0 saturated carbocycles. The Morgan fingerprint density at radius 3 is 2.84 bits per heavy atom. The Balaban J connectivity index is 2.20. The minimum atomic E-state index is -0.516. The van der Waals surface area contributed by atoms with Gasteiger partial charge in [0.1, 0.15) is 5.75 Å². The fourth-order valence-electron chi connectivity index (χ4n) is 1.36. The van der Waals surface area contributed by atoms with Crippen LogP contribution < -0.4 is 10.1 Å². The van der Waals surface area contributed by atoms with E-state index < -0.39 is 6.10 Å². The van der Waals surface area contributed by atoms with Gasteiger partial charge >= 0.3 is 0 Å². The summed E-state index contributed by atoms with van der Waals surface area (Å²) in [6.07, 6.45) is -0.269. The molecular formula is C14H20ClNO3. The maximum atomic E-state index is 11.5. The molecule has 0 heterocycles. The van der Waals surface area contributed by atoms with Crippen LogP contribution in [0.4, 0.5) is 0 Å². The number of aliphatic hydroxyl groups is 1. The molecule has 0 bridgehead atoms. The van der Waals surface area contributed by atoms with Gasteiger partial charge in [-0.05, 0) is 24.1 Å². The summed E-state index contributed by atoms with van der Waals surface area (Å²) in [5.41, 5.74) is 0. The van der Waals surface area contributed by atoms with Crippen molar-refractivity contribution in [3.8, 4) is 5.75 Å². The van der Waals surface area contributed by atoms with Crippen LogP contribution in [-0.4, -0.2) is 30.3 Å². The molecule has 4 nitrogen and oxygen atoms in total. The summed E-state index contributed by atoms with van der Waals surface area (Å²) in [7, 11) is 0. The Kier molecular flexibility index (Phi) is 6.67. The molecule has 2 N–H and O–H groups in total. The average molecular weight is 286 g/mol. The van der Waals surface area contributed by atoms with E-state index in [1.54, 1.807) is 24.3 Å². The molecular weight excluding hydrogens is 266 g/mol. The second kappa shape index (κ2) is 8.02. The van der Waals surface area contributed by atoms with Gasteiger partial charge in [-0.15, -0.1) is 0 Å². The highest BCUT2D eigenvalue weighted by Crippen LogP contribution is 2.17. The average Bonchev–Trinajstić information content (AvgIpc) is 2.36.